The van der Waals surface area contributed by atoms with E-state index in [9.17, 15) is 9.59 Å². The molecule has 1 unspecified atom stereocenters. The smallest absolute Gasteiger partial charge is 0.340 e. The van der Waals surface area contributed by atoms with Gasteiger partial charge in [0.15, 0.2) is 0 Å². The number of amides is 1. The summed E-state index contributed by atoms with van der Waals surface area (Å²) in [6.45, 7) is 3.28. The molecule has 6 nitrogen and oxygen atoms in total. The lowest BCUT2D eigenvalue weighted by molar-refractivity contribution is -0.121. The van der Waals surface area contributed by atoms with E-state index in [1.54, 1.807) is 19.1 Å². The fourth-order valence-electron chi connectivity index (χ4n) is 2.43. The van der Waals surface area contributed by atoms with Crippen molar-refractivity contribution in [2.75, 3.05) is 30.3 Å². The second-order valence-corrected chi connectivity index (χ2v) is 4.79. The number of benzene rings is 1. The molecule has 0 bridgehead atoms. The SMILES string of the molecule is CCOC(=O)c1cccc(N2CCC(C(N)=O)C2)c1N. The molecule has 0 radical (unpaired) electrons. The minimum Gasteiger partial charge on any atom is -0.462 e. The molecule has 108 valence electrons. The third-order valence-electron chi connectivity index (χ3n) is 3.51. The Bertz CT molecular complexity index is 530. The van der Waals surface area contributed by atoms with Crippen LogP contribution in [0.5, 0.6) is 0 Å². The van der Waals surface area contributed by atoms with Gasteiger partial charge in [-0.2, -0.15) is 0 Å². The fourth-order valence-corrected chi connectivity index (χ4v) is 2.43. The zero-order valence-corrected chi connectivity index (χ0v) is 11.5. The van der Waals surface area contributed by atoms with Crippen LogP contribution in [0.1, 0.15) is 23.7 Å². The first kappa shape index (κ1) is 14.2. The highest BCUT2D eigenvalue weighted by molar-refractivity contribution is 5.98. The molecule has 1 aromatic rings. The number of hydrogen-bond acceptors (Lipinski definition) is 5. The highest BCUT2D eigenvalue weighted by Gasteiger charge is 2.28. The molecule has 1 aliphatic rings. The van der Waals surface area contributed by atoms with E-state index in [2.05, 4.69) is 0 Å². The van der Waals surface area contributed by atoms with Crippen molar-refractivity contribution in [2.45, 2.75) is 13.3 Å². The van der Waals surface area contributed by atoms with Crippen LogP contribution in [0.15, 0.2) is 18.2 Å². The summed E-state index contributed by atoms with van der Waals surface area (Å²) in [5.41, 5.74) is 12.9. The van der Waals surface area contributed by atoms with Gasteiger partial charge in [0.05, 0.1) is 29.5 Å². The van der Waals surface area contributed by atoms with E-state index >= 15 is 0 Å². The van der Waals surface area contributed by atoms with Crippen molar-refractivity contribution < 1.29 is 14.3 Å². The number of anilines is 2. The number of rotatable bonds is 4. The molecular weight excluding hydrogens is 258 g/mol. The summed E-state index contributed by atoms with van der Waals surface area (Å²) >= 11 is 0. The summed E-state index contributed by atoms with van der Waals surface area (Å²) in [6.07, 6.45) is 0.707. The largest absolute Gasteiger partial charge is 0.462 e. The summed E-state index contributed by atoms with van der Waals surface area (Å²) in [5.74, 6) is -0.897. The number of carbonyl (C=O) groups is 2. The monoisotopic (exact) mass is 277 g/mol. The van der Waals surface area contributed by atoms with Crippen LogP contribution in [0.2, 0.25) is 0 Å². The molecule has 1 saturated heterocycles. The zero-order valence-electron chi connectivity index (χ0n) is 11.5. The van der Waals surface area contributed by atoms with Gasteiger partial charge in [-0.1, -0.05) is 6.07 Å². The normalized spacial score (nSPS) is 18.1. The maximum Gasteiger partial charge on any atom is 0.340 e. The first-order chi connectivity index (χ1) is 9.54. The fraction of sp³-hybridized carbons (Fsp3) is 0.429. The topological polar surface area (TPSA) is 98.6 Å². The van der Waals surface area contributed by atoms with Crippen molar-refractivity contribution in [1.82, 2.24) is 0 Å². The number of primary amides is 1. The number of para-hydroxylation sites is 1. The van der Waals surface area contributed by atoms with Gasteiger partial charge in [-0.3, -0.25) is 4.79 Å². The molecule has 1 heterocycles. The summed E-state index contributed by atoms with van der Waals surface area (Å²) < 4.78 is 4.97. The van der Waals surface area contributed by atoms with Gasteiger partial charge < -0.3 is 21.1 Å². The van der Waals surface area contributed by atoms with E-state index in [1.165, 1.54) is 0 Å². The Hall–Kier alpha value is -2.24. The third kappa shape index (κ3) is 2.68. The van der Waals surface area contributed by atoms with Crippen LogP contribution in [0.25, 0.3) is 0 Å². The molecule has 1 atom stereocenters. The average Bonchev–Trinajstić information content (AvgIpc) is 2.88. The van der Waals surface area contributed by atoms with Gasteiger partial charge in [-0.05, 0) is 25.5 Å². The van der Waals surface area contributed by atoms with Crippen molar-refractivity contribution in [3.05, 3.63) is 23.8 Å². The van der Waals surface area contributed by atoms with Crippen LogP contribution in [-0.4, -0.2) is 31.6 Å². The van der Waals surface area contributed by atoms with E-state index in [0.29, 0.717) is 37.4 Å². The first-order valence-corrected chi connectivity index (χ1v) is 6.64. The molecule has 4 N–H and O–H groups in total. The average molecular weight is 277 g/mol. The van der Waals surface area contributed by atoms with E-state index in [0.717, 1.165) is 5.69 Å². The van der Waals surface area contributed by atoms with Crippen LogP contribution in [0, 0.1) is 5.92 Å². The van der Waals surface area contributed by atoms with E-state index in [1.807, 2.05) is 11.0 Å². The quantitative estimate of drug-likeness (QED) is 0.625. The molecule has 1 amide bonds. The Kier molecular flexibility index (Phi) is 4.12. The molecule has 0 aliphatic carbocycles. The standard InChI is InChI=1S/C14H19N3O3/c1-2-20-14(19)10-4-3-5-11(12(10)15)17-7-6-9(8-17)13(16)18/h3-5,9H,2,6-8,15H2,1H3,(H2,16,18). The lowest BCUT2D eigenvalue weighted by Gasteiger charge is -2.21. The lowest BCUT2D eigenvalue weighted by Crippen LogP contribution is -2.28. The summed E-state index contributed by atoms with van der Waals surface area (Å²) in [6, 6.07) is 5.23. The summed E-state index contributed by atoms with van der Waals surface area (Å²) in [7, 11) is 0. The number of nitrogens with zero attached hydrogens (tertiary/aromatic N) is 1. The molecule has 0 saturated carbocycles. The lowest BCUT2D eigenvalue weighted by atomic mass is 10.1. The van der Waals surface area contributed by atoms with Crippen molar-refractivity contribution >= 4 is 23.3 Å². The number of nitrogens with two attached hydrogens (primary N) is 2. The Balaban J connectivity index is 2.23. The second-order valence-electron chi connectivity index (χ2n) is 4.79. The van der Waals surface area contributed by atoms with E-state index in [-0.39, 0.29) is 11.8 Å². The molecule has 0 spiro atoms. The Morgan fingerprint density at radius 1 is 1.45 bits per heavy atom. The van der Waals surface area contributed by atoms with Gasteiger partial charge in [0, 0.05) is 13.1 Å². The number of carbonyl (C=O) groups excluding carboxylic acids is 2. The molecule has 20 heavy (non-hydrogen) atoms. The zero-order chi connectivity index (χ0) is 14.7. The van der Waals surface area contributed by atoms with Crippen molar-refractivity contribution in [3.63, 3.8) is 0 Å². The summed E-state index contributed by atoms with van der Waals surface area (Å²) in [5, 5.41) is 0. The van der Waals surface area contributed by atoms with E-state index < -0.39 is 5.97 Å². The maximum atomic E-state index is 11.8. The van der Waals surface area contributed by atoms with Crippen LogP contribution >= 0.6 is 0 Å². The second kappa shape index (κ2) is 5.81. The number of esters is 1. The van der Waals surface area contributed by atoms with Gasteiger partial charge in [-0.15, -0.1) is 0 Å². The molecule has 0 aromatic heterocycles. The predicted octanol–water partition coefficient (Wildman–Crippen LogP) is 0.757. The summed E-state index contributed by atoms with van der Waals surface area (Å²) in [4.78, 5) is 25.0. The van der Waals surface area contributed by atoms with Crippen LogP contribution in [0.3, 0.4) is 0 Å². The highest BCUT2D eigenvalue weighted by Crippen LogP contribution is 2.31. The van der Waals surface area contributed by atoms with Crippen LogP contribution in [-0.2, 0) is 9.53 Å². The minimum absolute atomic E-state index is 0.166. The van der Waals surface area contributed by atoms with Crippen LogP contribution in [0.4, 0.5) is 11.4 Å². The van der Waals surface area contributed by atoms with Crippen molar-refractivity contribution in [3.8, 4) is 0 Å². The van der Waals surface area contributed by atoms with Crippen molar-refractivity contribution in [1.29, 1.82) is 0 Å². The Morgan fingerprint density at radius 3 is 2.80 bits per heavy atom. The molecule has 1 aromatic carbocycles. The van der Waals surface area contributed by atoms with Crippen molar-refractivity contribution in [2.24, 2.45) is 11.7 Å². The Morgan fingerprint density at radius 2 is 2.20 bits per heavy atom. The van der Waals surface area contributed by atoms with Gasteiger partial charge in [0.1, 0.15) is 0 Å². The maximum absolute atomic E-state index is 11.8. The minimum atomic E-state index is -0.433. The molecule has 1 aliphatic heterocycles. The number of ether oxygens (including phenoxy) is 1. The van der Waals surface area contributed by atoms with Crippen LogP contribution < -0.4 is 16.4 Å². The number of nitrogen functional groups attached to an aromatic ring is 1. The van der Waals surface area contributed by atoms with Gasteiger partial charge in [0.2, 0.25) is 5.91 Å². The first-order valence-electron chi connectivity index (χ1n) is 6.64. The molecule has 2 rings (SSSR count). The number of hydrogen-bond donors (Lipinski definition) is 2. The molecular formula is C14H19N3O3. The van der Waals surface area contributed by atoms with Gasteiger partial charge in [0.25, 0.3) is 0 Å². The predicted molar refractivity (Wildman–Crippen MR) is 76.3 cm³/mol. The third-order valence-corrected chi connectivity index (χ3v) is 3.51. The molecule has 6 heteroatoms. The highest BCUT2D eigenvalue weighted by atomic mass is 16.5. The van der Waals surface area contributed by atoms with Gasteiger partial charge >= 0.3 is 5.97 Å². The van der Waals surface area contributed by atoms with E-state index in [4.69, 9.17) is 16.2 Å². The Labute approximate surface area is 117 Å². The molecule has 1 fully saturated rings. The van der Waals surface area contributed by atoms with Gasteiger partial charge in [-0.25, -0.2) is 4.79 Å².